The maximum absolute atomic E-state index is 5.84. The number of hydrogen-bond acceptors (Lipinski definition) is 2. The van der Waals surface area contributed by atoms with Crippen molar-refractivity contribution in [1.29, 1.82) is 0 Å². The van der Waals surface area contributed by atoms with Crippen molar-refractivity contribution in [2.24, 2.45) is 17.3 Å². The van der Waals surface area contributed by atoms with E-state index in [2.05, 4.69) is 13.8 Å². The van der Waals surface area contributed by atoms with Gasteiger partial charge in [0.1, 0.15) is 0 Å². The van der Waals surface area contributed by atoms with Crippen LogP contribution in [0.1, 0.15) is 65.2 Å². The molecule has 0 saturated heterocycles. The third kappa shape index (κ3) is 3.08. The van der Waals surface area contributed by atoms with E-state index in [-0.39, 0.29) is 0 Å². The van der Waals surface area contributed by atoms with E-state index in [1.807, 2.05) is 14.2 Å². The Bertz CT molecular complexity index is 270. The van der Waals surface area contributed by atoms with Crippen molar-refractivity contribution in [3.05, 3.63) is 0 Å². The summed E-state index contributed by atoms with van der Waals surface area (Å²) in [5, 5.41) is 0. The van der Waals surface area contributed by atoms with Gasteiger partial charge in [-0.2, -0.15) is 0 Å². The molecule has 2 unspecified atom stereocenters. The van der Waals surface area contributed by atoms with Crippen molar-refractivity contribution in [1.82, 2.24) is 0 Å². The van der Waals surface area contributed by atoms with Gasteiger partial charge in [0.15, 0.2) is 0 Å². The fourth-order valence-electron chi connectivity index (χ4n) is 4.96. The van der Waals surface area contributed by atoms with E-state index >= 15 is 0 Å². The minimum absolute atomic E-state index is 0.584. The van der Waals surface area contributed by atoms with Gasteiger partial charge >= 0.3 is 9.28 Å². The molecule has 2 atom stereocenters. The van der Waals surface area contributed by atoms with Crippen molar-refractivity contribution in [2.45, 2.75) is 70.8 Å². The quantitative estimate of drug-likeness (QED) is 0.620. The molecule has 2 bridgehead atoms. The molecule has 3 heteroatoms. The molecule has 0 aromatic carbocycles. The van der Waals surface area contributed by atoms with Gasteiger partial charge in [-0.25, -0.2) is 0 Å². The molecule has 0 N–H and O–H groups in total. The van der Waals surface area contributed by atoms with E-state index in [1.54, 1.807) is 0 Å². The van der Waals surface area contributed by atoms with Crippen molar-refractivity contribution < 1.29 is 8.85 Å². The van der Waals surface area contributed by atoms with Gasteiger partial charge in [-0.1, -0.05) is 33.1 Å². The van der Waals surface area contributed by atoms with Crippen molar-refractivity contribution >= 4 is 9.28 Å². The second kappa shape index (κ2) is 6.73. The summed E-state index contributed by atoms with van der Waals surface area (Å²) >= 11 is 0. The van der Waals surface area contributed by atoms with E-state index in [0.29, 0.717) is 5.41 Å². The van der Waals surface area contributed by atoms with E-state index in [0.717, 1.165) is 17.4 Å². The fourth-order valence-corrected chi connectivity index (χ4v) is 7.52. The molecule has 19 heavy (non-hydrogen) atoms. The van der Waals surface area contributed by atoms with Gasteiger partial charge in [0.2, 0.25) is 0 Å². The average molecular weight is 285 g/mol. The average Bonchev–Trinajstić information content (AvgIpc) is 3.03. The van der Waals surface area contributed by atoms with Crippen LogP contribution in [0.4, 0.5) is 0 Å². The standard InChI is InChI=1S/C16H32O2Si/c1-5-6-7-13(2)15(19(17-3)18-4)16-10-8-14(12-16)9-11-16/h13-15,19H,5-12H2,1-4H3. The van der Waals surface area contributed by atoms with Gasteiger partial charge in [-0.15, -0.1) is 0 Å². The summed E-state index contributed by atoms with van der Waals surface area (Å²) < 4.78 is 11.7. The smallest absolute Gasteiger partial charge is 0.324 e. The Kier molecular flexibility index (Phi) is 5.50. The second-order valence-electron chi connectivity index (χ2n) is 6.99. The summed E-state index contributed by atoms with van der Waals surface area (Å²) in [6.07, 6.45) is 11.3. The Morgan fingerprint density at radius 1 is 1.21 bits per heavy atom. The molecule has 0 heterocycles. The zero-order valence-corrected chi connectivity index (χ0v) is 14.4. The number of unbranched alkanes of at least 4 members (excludes halogenated alkanes) is 1. The predicted octanol–water partition coefficient (Wildman–Crippen LogP) is 4.28. The molecule has 2 nitrogen and oxygen atoms in total. The molecular formula is C16H32O2Si. The van der Waals surface area contributed by atoms with Crippen LogP contribution in [0.5, 0.6) is 0 Å². The first-order valence-corrected chi connectivity index (χ1v) is 9.83. The van der Waals surface area contributed by atoms with Crippen LogP contribution in [-0.2, 0) is 8.85 Å². The maximum Gasteiger partial charge on any atom is 0.324 e. The molecular weight excluding hydrogens is 252 g/mol. The van der Waals surface area contributed by atoms with Crippen LogP contribution in [0.25, 0.3) is 0 Å². The Morgan fingerprint density at radius 2 is 1.84 bits per heavy atom. The summed E-state index contributed by atoms with van der Waals surface area (Å²) in [5.74, 6) is 1.79. The summed E-state index contributed by atoms with van der Waals surface area (Å²) in [7, 11) is 2.23. The topological polar surface area (TPSA) is 18.5 Å². The van der Waals surface area contributed by atoms with Crippen LogP contribution in [0.2, 0.25) is 5.54 Å². The molecule has 2 saturated carbocycles. The monoisotopic (exact) mass is 284 g/mol. The summed E-state index contributed by atoms with van der Waals surface area (Å²) in [4.78, 5) is 0. The van der Waals surface area contributed by atoms with Crippen LogP contribution in [0.3, 0.4) is 0 Å². The van der Waals surface area contributed by atoms with E-state index < -0.39 is 9.28 Å². The fraction of sp³-hybridized carbons (Fsp3) is 1.00. The predicted molar refractivity (Wildman–Crippen MR) is 82.6 cm³/mol. The molecule has 112 valence electrons. The second-order valence-corrected chi connectivity index (χ2v) is 9.39. The SMILES string of the molecule is CCCCC(C)C([SiH](OC)OC)C12CCC(CC1)C2. The Balaban J connectivity index is 2.13. The lowest BCUT2D eigenvalue weighted by Gasteiger charge is -2.42. The highest BCUT2D eigenvalue weighted by Crippen LogP contribution is 2.63. The zero-order valence-electron chi connectivity index (χ0n) is 13.3. The number of fused-ring (bicyclic) bond motifs is 2. The molecule has 0 spiro atoms. The van der Waals surface area contributed by atoms with Crippen LogP contribution in [0.15, 0.2) is 0 Å². The molecule has 0 aromatic rings. The largest absolute Gasteiger partial charge is 0.400 e. The Morgan fingerprint density at radius 3 is 2.26 bits per heavy atom. The first-order chi connectivity index (χ1) is 9.16. The molecule has 0 radical (unpaired) electrons. The highest BCUT2D eigenvalue weighted by atomic mass is 28.3. The van der Waals surface area contributed by atoms with E-state index in [1.165, 1.54) is 51.4 Å². The van der Waals surface area contributed by atoms with Crippen LogP contribution in [0, 0.1) is 17.3 Å². The normalized spacial score (nSPS) is 33.0. The minimum Gasteiger partial charge on any atom is -0.400 e. The van der Waals surface area contributed by atoms with Gasteiger partial charge in [-0.3, -0.25) is 0 Å². The van der Waals surface area contributed by atoms with E-state index in [9.17, 15) is 0 Å². The minimum atomic E-state index is -1.52. The molecule has 0 aliphatic heterocycles. The Labute approximate surface area is 121 Å². The highest BCUT2D eigenvalue weighted by Gasteiger charge is 2.54. The van der Waals surface area contributed by atoms with Gasteiger partial charge in [0, 0.05) is 19.8 Å². The van der Waals surface area contributed by atoms with Crippen LogP contribution in [-0.4, -0.2) is 23.5 Å². The lowest BCUT2D eigenvalue weighted by molar-refractivity contribution is 0.159. The molecule has 2 fully saturated rings. The van der Waals surface area contributed by atoms with Gasteiger partial charge in [-0.05, 0) is 49.4 Å². The van der Waals surface area contributed by atoms with E-state index in [4.69, 9.17) is 8.85 Å². The number of hydrogen-bond donors (Lipinski definition) is 0. The summed E-state index contributed by atoms with van der Waals surface area (Å²) in [5.41, 5.74) is 1.31. The third-order valence-electron chi connectivity index (χ3n) is 5.89. The Hall–Kier alpha value is 0.137. The van der Waals surface area contributed by atoms with Crippen LogP contribution < -0.4 is 0 Å². The number of rotatable bonds is 8. The van der Waals surface area contributed by atoms with Crippen molar-refractivity contribution in [3.8, 4) is 0 Å². The molecule has 2 aliphatic carbocycles. The first kappa shape index (κ1) is 15.5. The molecule has 2 aliphatic rings. The van der Waals surface area contributed by atoms with Gasteiger partial charge in [0.05, 0.1) is 0 Å². The van der Waals surface area contributed by atoms with Crippen molar-refractivity contribution in [3.63, 3.8) is 0 Å². The summed E-state index contributed by atoms with van der Waals surface area (Å²) in [6.45, 7) is 4.75. The van der Waals surface area contributed by atoms with Gasteiger partial charge in [0.25, 0.3) is 0 Å². The van der Waals surface area contributed by atoms with Crippen molar-refractivity contribution in [2.75, 3.05) is 14.2 Å². The lowest BCUT2D eigenvalue weighted by atomic mass is 9.75. The first-order valence-electron chi connectivity index (χ1n) is 8.22. The molecule has 2 rings (SSSR count). The maximum atomic E-state index is 5.84. The zero-order chi connectivity index (χ0) is 13.9. The van der Waals surface area contributed by atoms with Crippen LogP contribution >= 0.6 is 0 Å². The third-order valence-corrected chi connectivity index (χ3v) is 8.77. The highest BCUT2D eigenvalue weighted by molar-refractivity contribution is 6.46. The molecule has 0 amide bonds. The van der Waals surface area contributed by atoms with Gasteiger partial charge < -0.3 is 8.85 Å². The molecule has 0 aromatic heterocycles. The summed E-state index contributed by atoms with van der Waals surface area (Å²) in [6, 6.07) is 0. The lowest BCUT2D eigenvalue weighted by Crippen LogP contribution is -2.40.